The maximum absolute atomic E-state index is 12.4. The van der Waals surface area contributed by atoms with Gasteiger partial charge >= 0.3 is 5.97 Å². The lowest BCUT2D eigenvalue weighted by atomic mass is 10.1. The molecule has 0 saturated heterocycles. The summed E-state index contributed by atoms with van der Waals surface area (Å²) in [5, 5.41) is 3.49. The van der Waals surface area contributed by atoms with Crippen LogP contribution in [-0.4, -0.2) is 29.5 Å². The number of aryl methyl sites for hydroxylation is 2. The van der Waals surface area contributed by atoms with Crippen LogP contribution in [0.3, 0.4) is 0 Å². The molecule has 0 aliphatic heterocycles. The van der Waals surface area contributed by atoms with Crippen molar-refractivity contribution in [1.82, 2.24) is 10.3 Å². The Morgan fingerprint density at radius 2 is 1.92 bits per heavy atom. The van der Waals surface area contributed by atoms with Gasteiger partial charge in [0.15, 0.2) is 6.10 Å². The molecule has 0 spiro atoms. The Morgan fingerprint density at radius 3 is 2.52 bits per heavy atom. The molecule has 5 nitrogen and oxygen atoms in total. The largest absolute Gasteiger partial charge is 0.448 e. The first-order valence-corrected chi connectivity index (χ1v) is 9.33. The lowest BCUT2D eigenvalue weighted by molar-refractivity contribution is -0.129. The maximum atomic E-state index is 12.4. The molecule has 0 saturated carbocycles. The minimum atomic E-state index is -0.826. The fraction of sp³-hybridized carbons (Fsp3) is 0.421. The molecule has 1 heterocycles. The van der Waals surface area contributed by atoms with Crippen LogP contribution in [0.5, 0.6) is 0 Å². The Hall–Kier alpha value is -2.21. The first kappa shape index (κ1) is 19.1. The van der Waals surface area contributed by atoms with Crippen molar-refractivity contribution in [3.8, 4) is 10.6 Å². The molecule has 0 radical (unpaired) electrons. The Morgan fingerprint density at radius 1 is 1.24 bits per heavy atom. The van der Waals surface area contributed by atoms with Crippen molar-refractivity contribution in [2.75, 3.05) is 6.54 Å². The molecule has 0 fully saturated rings. The van der Waals surface area contributed by atoms with Crippen LogP contribution in [0.25, 0.3) is 10.6 Å². The maximum Gasteiger partial charge on any atom is 0.351 e. The summed E-state index contributed by atoms with van der Waals surface area (Å²) in [5.41, 5.74) is 2.84. The van der Waals surface area contributed by atoms with Crippen molar-refractivity contribution < 1.29 is 14.3 Å². The summed E-state index contributed by atoms with van der Waals surface area (Å²) >= 11 is 1.29. The number of esters is 1. The quantitative estimate of drug-likeness (QED) is 0.764. The van der Waals surface area contributed by atoms with Gasteiger partial charge in [-0.2, -0.15) is 0 Å². The van der Waals surface area contributed by atoms with Crippen LogP contribution in [0.4, 0.5) is 0 Å². The molecule has 134 valence electrons. The monoisotopic (exact) mass is 360 g/mol. The van der Waals surface area contributed by atoms with Gasteiger partial charge in [-0.15, -0.1) is 11.3 Å². The Labute approximate surface area is 152 Å². The van der Waals surface area contributed by atoms with Crippen molar-refractivity contribution in [1.29, 1.82) is 0 Å². The molecular formula is C19H24N2O3S. The normalized spacial score (nSPS) is 11.8. The van der Waals surface area contributed by atoms with Gasteiger partial charge in [-0.3, -0.25) is 4.79 Å². The standard InChI is InChI=1S/C19H24N2O3S/c1-5-11-20-17(22)13(4)24-19(23)16-12(3)21-18(25-16)15-9-7-14(6-2)8-10-15/h7-10,13H,5-6,11H2,1-4H3,(H,20,22). The van der Waals surface area contributed by atoms with E-state index in [-0.39, 0.29) is 5.91 Å². The number of amides is 1. The summed E-state index contributed by atoms with van der Waals surface area (Å²) < 4.78 is 5.28. The highest BCUT2D eigenvalue weighted by Gasteiger charge is 2.22. The van der Waals surface area contributed by atoms with Gasteiger partial charge in [0, 0.05) is 12.1 Å². The number of thiazole rings is 1. The lowest BCUT2D eigenvalue weighted by Gasteiger charge is -2.12. The SMILES string of the molecule is CCCNC(=O)C(C)OC(=O)c1sc(-c2ccc(CC)cc2)nc1C. The van der Waals surface area contributed by atoms with Crippen molar-refractivity contribution in [2.45, 2.75) is 46.6 Å². The third-order valence-corrected chi connectivity index (χ3v) is 4.98. The van der Waals surface area contributed by atoms with Gasteiger partial charge in [-0.05, 0) is 32.3 Å². The molecule has 0 aliphatic rings. The molecule has 1 aromatic carbocycles. The number of aromatic nitrogens is 1. The van der Waals surface area contributed by atoms with Crippen LogP contribution in [0.2, 0.25) is 0 Å². The van der Waals surface area contributed by atoms with E-state index in [0.29, 0.717) is 17.1 Å². The van der Waals surface area contributed by atoms with E-state index in [0.717, 1.165) is 23.4 Å². The molecular weight excluding hydrogens is 336 g/mol. The molecule has 1 amide bonds. The van der Waals surface area contributed by atoms with E-state index in [1.807, 2.05) is 19.1 Å². The molecule has 1 unspecified atom stereocenters. The fourth-order valence-electron chi connectivity index (χ4n) is 2.25. The highest BCUT2D eigenvalue weighted by atomic mass is 32.1. The van der Waals surface area contributed by atoms with Crippen LogP contribution in [0.15, 0.2) is 24.3 Å². The van der Waals surface area contributed by atoms with Gasteiger partial charge in [0.1, 0.15) is 9.88 Å². The zero-order chi connectivity index (χ0) is 18.4. The Kier molecular flexibility index (Phi) is 6.70. The average molecular weight is 360 g/mol. The molecule has 0 aliphatic carbocycles. The van der Waals surface area contributed by atoms with Gasteiger partial charge in [-0.25, -0.2) is 9.78 Å². The van der Waals surface area contributed by atoms with Gasteiger partial charge in [0.05, 0.1) is 5.69 Å². The van der Waals surface area contributed by atoms with Gasteiger partial charge in [-0.1, -0.05) is 38.1 Å². The number of nitrogens with zero attached hydrogens (tertiary/aromatic N) is 1. The minimum absolute atomic E-state index is 0.284. The third-order valence-electron chi connectivity index (χ3n) is 3.79. The summed E-state index contributed by atoms with van der Waals surface area (Å²) in [6.07, 6.45) is 0.987. The number of carbonyl (C=O) groups excluding carboxylic acids is 2. The van der Waals surface area contributed by atoms with Gasteiger partial charge in [0.2, 0.25) is 0 Å². The predicted molar refractivity (Wildman–Crippen MR) is 99.8 cm³/mol. The second-order valence-electron chi connectivity index (χ2n) is 5.82. The van der Waals surface area contributed by atoms with Crippen molar-refractivity contribution >= 4 is 23.2 Å². The summed E-state index contributed by atoms with van der Waals surface area (Å²) in [6, 6.07) is 8.13. The van der Waals surface area contributed by atoms with E-state index in [4.69, 9.17) is 4.74 Å². The molecule has 0 bridgehead atoms. The Balaban J connectivity index is 2.10. The van der Waals surface area contributed by atoms with Crippen molar-refractivity contribution in [3.05, 3.63) is 40.4 Å². The van der Waals surface area contributed by atoms with Crippen LogP contribution in [0, 0.1) is 6.92 Å². The molecule has 1 atom stereocenters. The summed E-state index contributed by atoms with van der Waals surface area (Å²) in [7, 11) is 0. The van der Waals surface area contributed by atoms with Gasteiger partial charge in [0.25, 0.3) is 5.91 Å². The van der Waals surface area contributed by atoms with E-state index in [2.05, 4.69) is 29.4 Å². The van der Waals surface area contributed by atoms with E-state index in [1.54, 1.807) is 13.8 Å². The number of hydrogen-bond donors (Lipinski definition) is 1. The van der Waals surface area contributed by atoms with E-state index < -0.39 is 12.1 Å². The van der Waals surface area contributed by atoms with Crippen LogP contribution >= 0.6 is 11.3 Å². The fourth-order valence-corrected chi connectivity index (χ4v) is 3.21. The van der Waals surface area contributed by atoms with Crippen molar-refractivity contribution in [3.63, 3.8) is 0 Å². The molecule has 1 aromatic heterocycles. The number of benzene rings is 1. The summed E-state index contributed by atoms with van der Waals surface area (Å²) in [4.78, 5) is 29.1. The number of nitrogens with one attached hydrogen (secondary N) is 1. The number of carbonyl (C=O) groups is 2. The van der Waals surface area contributed by atoms with E-state index in [1.165, 1.54) is 16.9 Å². The van der Waals surface area contributed by atoms with E-state index in [9.17, 15) is 9.59 Å². The topological polar surface area (TPSA) is 68.3 Å². The summed E-state index contributed by atoms with van der Waals surface area (Å²) in [5.74, 6) is -0.793. The van der Waals surface area contributed by atoms with Crippen molar-refractivity contribution in [2.24, 2.45) is 0 Å². The van der Waals surface area contributed by atoms with Crippen LogP contribution in [0.1, 0.15) is 48.1 Å². The zero-order valence-electron chi connectivity index (χ0n) is 15.1. The number of rotatable bonds is 7. The molecule has 6 heteroatoms. The molecule has 2 aromatic rings. The first-order chi connectivity index (χ1) is 12.0. The smallest absolute Gasteiger partial charge is 0.351 e. The van der Waals surface area contributed by atoms with Crippen LogP contribution in [-0.2, 0) is 16.0 Å². The summed E-state index contributed by atoms with van der Waals surface area (Å²) in [6.45, 7) is 7.99. The van der Waals surface area contributed by atoms with E-state index >= 15 is 0 Å². The second kappa shape index (κ2) is 8.76. The second-order valence-corrected chi connectivity index (χ2v) is 6.82. The first-order valence-electron chi connectivity index (χ1n) is 8.51. The molecule has 2 rings (SSSR count). The lowest BCUT2D eigenvalue weighted by Crippen LogP contribution is -2.36. The number of hydrogen-bond acceptors (Lipinski definition) is 5. The zero-order valence-corrected chi connectivity index (χ0v) is 15.9. The highest BCUT2D eigenvalue weighted by Crippen LogP contribution is 2.29. The predicted octanol–water partition coefficient (Wildman–Crippen LogP) is 3.75. The van der Waals surface area contributed by atoms with Gasteiger partial charge < -0.3 is 10.1 Å². The molecule has 1 N–H and O–H groups in total. The average Bonchev–Trinajstić information content (AvgIpc) is 3.01. The highest BCUT2D eigenvalue weighted by molar-refractivity contribution is 7.17. The molecule has 25 heavy (non-hydrogen) atoms. The van der Waals surface area contributed by atoms with Crippen LogP contribution < -0.4 is 5.32 Å². The Bertz CT molecular complexity index is 738. The number of ether oxygens (including phenoxy) is 1. The third kappa shape index (κ3) is 4.89. The minimum Gasteiger partial charge on any atom is -0.448 e.